The molecule has 12 nitrogen and oxygen atoms in total. The number of ether oxygens (including phenoxy) is 5. The molecule has 0 aliphatic carbocycles. The number of hydrogen-bond acceptors (Lipinski definition) is 11. The Bertz CT molecular complexity index is 978. The van der Waals surface area contributed by atoms with Gasteiger partial charge in [-0.3, -0.25) is 0 Å². The zero-order valence-corrected chi connectivity index (χ0v) is 23.9. The second kappa shape index (κ2) is 14.4. The van der Waals surface area contributed by atoms with E-state index >= 15 is 0 Å². The summed E-state index contributed by atoms with van der Waals surface area (Å²) in [4.78, 5) is 14.2. The average molecular weight is 637 g/mol. The third-order valence-electron chi connectivity index (χ3n) is 4.91. The predicted molar refractivity (Wildman–Crippen MR) is 120 cm³/mol. The number of carbonyl (C=O) groups excluding carboxylic acids is 1. The molecule has 0 unspecified atom stereocenters. The molecule has 190 valence electrons. The van der Waals surface area contributed by atoms with Crippen molar-refractivity contribution in [2.75, 3.05) is 39.6 Å². The molecule has 1 aliphatic heterocycles. The van der Waals surface area contributed by atoms with Crippen LogP contribution < -0.4 is 44.1 Å². The van der Waals surface area contributed by atoms with E-state index in [1.807, 2.05) is 0 Å². The molecular weight excluding hydrogens is 613 g/mol. The minimum Gasteiger partial charge on any atom is -0.547 e. The predicted octanol–water partition coefficient (Wildman–Crippen LogP) is -3.96. The van der Waals surface area contributed by atoms with Gasteiger partial charge in [-0.2, -0.15) is 0 Å². The van der Waals surface area contributed by atoms with Gasteiger partial charge in [0.15, 0.2) is 0 Å². The number of aliphatic hydroxyl groups is 4. The summed E-state index contributed by atoms with van der Waals surface area (Å²) in [5, 5.41) is 50.4. The van der Waals surface area contributed by atoms with Crippen LogP contribution in [0.1, 0.15) is 0 Å². The number of aromatic amines is 1. The molecule has 2 heterocycles. The molecular formula is C20H24Br2NNaO11. The van der Waals surface area contributed by atoms with Crippen LogP contribution in [0.4, 0.5) is 0 Å². The molecule has 0 radical (unpaired) electrons. The minimum atomic E-state index is -1.89. The van der Waals surface area contributed by atoms with Crippen molar-refractivity contribution in [1.29, 1.82) is 0 Å². The molecule has 2 aromatic rings. The molecule has 0 amide bonds. The van der Waals surface area contributed by atoms with Crippen LogP contribution in [-0.4, -0.2) is 102 Å². The van der Waals surface area contributed by atoms with Crippen molar-refractivity contribution >= 4 is 48.7 Å². The van der Waals surface area contributed by atoms with E-state index in [0.717, 1.165) is 0 Å². The van der Waals surface area contributed by atoms with Gasteiger partial charge in [0.1, 0.15) is 42.5 Å². The number of carboxylic acid groups (broad SMARTS) is 1. The Morgan fingerprint density at radius 3 is 2.37 bits per heavy atom. The van der Waals surface area contributed by atoms with E-state index in [-0.39, 0.29) is 61.7 Å². The molecule has 1 aliphatic rings. The van der Waals surface area contributed by atoms with Gasteiger partial charge in [0.05, 0.1) is 58.9 Å². The van der Waals surface area contributed by atoms with Crippen LogP contribution in [-0.2, 0) is 19.0 Å². The first-order valence-corrected chi connectivity index (χ1v) is 11.8. The van der Waals surface area contributed by atoms with Gasteiger partial charge in [-0.25, -0.2) is 0 Å². The Balaban J connectivity index is 0.00000432. The van der Waals surface area contributed by atoms with Gasteiger partial charge in [-0.1, -0.05) is 0 Å². The zero-order valence-electron chi connectivity index (χ0n) is 18.7. The molecule has 3 rings (SSSR count). The fraction of sp³-hybridized carbons (Fsp3) is 0.550. The number of carboxylic acids is 1. The van der Waals surface area contributed by atoms with E-state index in [1.165, 1.54) is 6.20 Å². The van der Waals surface area contributed by atoms with Crippen molar-refractivity contribution in [2.24, 2.45) is 0 Å². The first-order chi connectivity index (χ1) is 16.3. The number of rotatable bonds is 12. The third-order valence-corrected chi connectivity index (χ3v) is 6.25. The molecule has 0 saturated carbocycles. The Morgan fingerprint density at radius 2 is 1.71 bits per heavy atom. The largest absolute Gasteiger partial charge is 1.00 e. The molecule has 1 fully saturated rings. The van der Waals surface area contributed by atoms with Gasteiger partial charge in [0.2, 0.25) is 6.29 Å². The number of fused-ring (bicyclic) bond motifs is 1. The van der Waals surface area contributed by atoms with Crippen LogP contribution in [0.15, 0.2) is 21.2 Å². The van der Waals surface area contributed by atoms with Gasteiger partial charge >= 0.3 is 29.6 Å². The van der Waals surface area contributed by atoms with Crippen LogP contribution in [0.3, 0.4) is 0 Å². The average Bonchev–Trinajstić information content (AvgIpc) is 3.19. The molecule has 0 spiro atoms. The summed E-state index contributed by atoms with van der Waals surface area (Å²) in [6, 6.07) is 1.73. The van der Waals surface area contributed by atoms with Gasteiger partial charge in [-0.05, 0) is 37.9 Å². The van der Waals surface area contributed by atoms with E-state index in [2.05, 4.69) is 36.8 Å². The summed E-state index contributed by atoms with van der Waals surface area (Å²) in [5.74, 6) is -1.15. The number of aliphatic hydroxyl groups excluding tert-OH is 4. The van der Waals surface area contributed by atoms with Crippen molar-refractivity contribution in [3.63, 3.8) is 0 Å². The van der Waals surface area contributed by atoms with E-state index < -0.39 is 36.7 Å². The molecule has 15 heteroatoms. The quantitative estimate of drug-likeness (QED) is 0.113. The first-order valence-electron chi connectivity index (χ1n) is 10.2. The second-order valence-corrected chi connectivity index (χ2v) is 8.85. The summed E-state index contributed by atoms with van der Waals surface area (Å²) >= 11 is 6.91. The van der Waals surface area contributed by atoms with Crippen molar-refractivity contribution < 1.29 is 83.6 Å². The van der Waals surface area contributed by atoms with Crippen LogP contribution in [0.2, 0.25) is 0 Å². The number of carbonyl (C=O) groups is 1. The smallest absolute Gasteiger partial charge is 0.547 e. The number of benzene rings is 1. The third kappa shape index (κ3) is 7.52. The summed E-state index contributed by atoms with van der Waals surface area (Å²) in [6.45, 7) is 1.39. The van der Waals surface area contributed by atoms with E-state index in [4.69, 9.17) is 28.8 Å². The summed E-state index contributed by atoms with van der Waals surface area (Å²) in [7, 11) is 0. The molecule has 35 heavy (non-hydrogen) atoms. The van der Waals surface area contributed by atoms with Gasteiger partial charge in [-0.15, -0.1) is 0 Å². The van der Waals surface area contributed by atoms with Crippen molar-refractivity contribution in [3.05, 3.63) is 21.2 Å². The maximum absolute atomic E-state index is 11.2. The summed E-state index contributed by atoms with van der Waals surface area (Å²) in [5.41, 5.74) is 0.612. The minimum absolute atomic E-state index is 0. The summed E-state index contributed by atoms with van der Waals surface area (Å²) < 4.78 is 28.2. The van der Waals surface area contributed by atoms with Crippen LogP contribution in [0, 0.1) is 0 Å². The number of aromatic nitrogens is 1. The van der Waals surface area contributed by atoms with Crippen molar-refractivity contribution in [1.82, 2.24) is 4.98 Å². The second-order valence-electron chi connectivity index (χ2n) is 7.21. The van der Waals surface area contributed by atoms with Crippen LogP contribution in [0.5, 0.6) is 11.5 Å². The number of hydrogen-bond donors (Lipinski definition) is 5. The van der Waals surface area contributed by atoms with Gasteiger partial charge in [0, 0.05) is 6.20 Å². The van der Waals surface area contributed by atoms with Crippen molar-refractivity contribution in [3.8, 4) is 11.5 Å². The first kappa shape index (κ1) is 30.7. The molecule has 1 saturated heterocycles. The standard InChI is InChI=1S/C20H25Br2NO11.Na/c21-9-7-10-12(13(22)17(9)32-6-5-31-4-3-30-2-1-24)11(8-23-10)33-20-16(27)14(25)15(26)18(34-20)19(28)29;/h7-8,14-16,18,20,23-27H,1-6H2,(H,28,29);/q;+1/p-1/t14-,15-,16+,18-,20+;/m0./s1. The maximum Gasteiger partial charge on any atom is 1.00 e. The topological polar surface area (TPSA) is 183 Å². The molecule has 1 aromatic heterocycles. The van der Waals surface area contributed by atoms with Gasteiger partial charge < -0.3 is 59.0 Å². The molecule has 5 N–H and O–H groups in total. The SMILES string of the molecule is O=C([O-])[C@H]1O[C@@H](Oc2c[nH]c3cc(Br)c(OCCOCCOCCO)c(Br)c23)[C@H](O)[C@@H](O)[C@@H]1O.[Na+]. The molecule has 5 atom stereocenters. The van der Waals surface area contributed by atoms with E-state index in [1.54, 1.807) is 6.07 Å². The maximum atomic E-state index is 11.2. The number of nitrogens with one attached hydrogen (secondary N) is 1. The number of H-pyrrole nitrogens is 1. The number of halogens is 2. The number of aliphatic carboxylic acids is 1. The summed E-state index contributed by atoms with van der Waals surface area (Å²) in [6.07, 6.45) is -7.45. The van der Waals surface area contributed by atoms with Crippen LogP contribution >= 0.6 is 31.9 Å². The molecule has 0 bridgehead atoms. The van der Waals surface area contributed by atoms with Crippen molar-refractivity contribution in [2.45, 2.75) is 30.7 Å². The fourth-order valence-corrected chi connectivity index (χ4v) is 4.80. The normalized spacial score (nSPS) is 24.2. The Morgan fingerprint density at radius 1 is 1.06 bits per heavy atom. The van der Waals surface area contributed by atoms with Crippen LogP contribution in [0.25, 0.3) is 10.9 Å². The Hall–Kier alpha value is -0.490. The Kier molecular flexibility index (Phi) is 12.7. The van der Waals surface area contributed by atoms with Gasteiger partial charge in [0.25, 0.3) is 0 Å². The zero-order chi connectivity index (χ0) is 24.8. The van der Waals surface area contributed by atoms with E-state index in [9.17, 15) is 25.2 Å². The molecule has 1 aromatic carbocycles. The van der Waals surface area contributed by atoms with E-state index in [0.29, 0.717) is 38.8 Å². The fourth-order valence-electron chi connectivity index (χ4n) is 3.25. The Labute approximate surface area is 239 Å². The monoisotopic (exact) mass is 635 g/mol.